The molecule has 1 fully saturated rings. The van der Waals surface area contributed by atoms with Gasteiger partial charge in [0.15, 0.2) is 0 Å². The number of anilines is 1. The Bertz CT molecular complexity index is 896. The first-order chi connectivity index (χ1) is 14.0. The van der Waals surface area contributed by atoms with Gasteiger partial charge >= 0.3 is 11.9 Å². The zero-order valence-electron chi connectivity index (χ0n) is 16.6. The van der Waals surface area contributed by atoms with Crippen LogP contribution in [-0.2, 0) is 14.3 Å². The molecule has 2 aromatic rings. The second kappa shape index (κ2) is 9.19. The number of benzene rings is 1. The number of methoxy groups -OCH3 is 2. The molecule has 1 aliphatic rings. The number of hydrogen-bond donors (Lipinski definition) is 1. The van der Waals surface area contributed by atoms with Gasteiger partial charge in [-0.15, -0.1) is 0 Å². The van der Waals surface area contributed by atoms with Crippen LogP contribution in [0, 0.1) is 0 Å². The van der Waals surface area contributed by atoms with E-state index in [0.717, 1.165) is 19.4 Å². The van der Waals surface area contributed by atoms with Gasteiger partial charge in [0, 0.05) is 6.04 Å². The van der Waals surface area contributed by atoms with Crippen LogP contribution in [0.4, 0.5) is 5.69 Å². The van der Waals surface area contributed by atoms with E-state index in [4.69, 9.17) is 9.47 Å². The van der Waals surface area contributed by atoms with Crippen LogP contribution in [0.3, 0.4) is 0 Å². The fourth-order valence-corrected chi connectivity index (χ4v) is 4.35. The predicted molar refractivity (Wildman–Crippen MR) is 110 cm³/mol. The van der Waals surface area contributed by atoms with Gasteiger partial charge in [-0.3, -0.25) is 9.69 Å². The number of esters is 2. The van der Waals surface area contributed by atoms with Gasteiger partial charge in [-0.2, -0.15) is 11.3 Å². The van der Waals surface area contributed by atoms with Crippen LogP contribution in [0.25, 0.3) is 0 Å². The van der Waals surface area contributed by atoms with Crippen LogP contribution < -0.4 is 5.32 Å². The van der Waals surface area contributed by atoms with E-state index in [-0.39, 0.29) is 28.8 Å². The number of carbonyl (C=O) groups is 3. The van der Waals surface area contributed by atoms with Crippen molar-refractivity contribution in [3.8, 4) is 0 Å². The summed E-state index contributed by atoms with van der Waals surface area (Å²) in [6.07, 6.45) is 2.02. The molecule has 0 spiro atoms. The van der Waals surface area contributed by atoms with Crippen LogP contribution >= 0.6 is 11.3 Å². The van der Waals surface area contributed by atoms with E-state index >= 15 is 0 Å². The number of ether oxygens (including phenoxy) is 2. The van der Waals surface area contributed by atoms with E-state index in [0.29, 0.717) is 0 Å². The molecular formula is C21H24N2O5S. The van der Waals surface area contributed by atoms with Crippen molar-refractivity contribution in [3.05, 3.63) is 51.7 Å². The molecule has 29 heavy (non-hydrogen) atoms. The van der Waals surface area contributed by atoms with Gasteiger partial charge in [0.25, 0.3) is 0 Å². The molecule has 8 heteroatoms. The number of rotatable bonds is 6. The lowest BCUT2D eigenvalue weighted by Crippen LogP contribution is -2.41. The quantitative estimate of drug-likeness (QED) is 0.726. The molecule has 0 unspecified atom stereocenters. The minimum Gasteiger partial charge on any atom is -0.465 e. The second-order valence-corrected chi connectivity index (χ2v) is 7.64. The minimum absolute atomic E-state index is 0.177. The Labute approximate surface area is 173 Å². The topological polar surface area (TPSA) is 84.9 Å². The average Bonchev–Trinajstić information content (AvgIpc) is 3.43. The lowest BCUT2D eigenvalue weighted by molar-refractivity contribution is -0.121. The molecule has 1 N–H and O–H groups in total. The summed E-state index contributed by atoms with van der Waals surface area (Å²) in [5.41, 5.74) is 1.86. The van der Waals surface area contributed by atoms with Crippen molar-refractivity contribution in [2.45, 2.75) is 31.8 Å². The van der Waals surface area contributed by atoms with Crippen LogP contribution in [0.2, 0.25) is 0 Å². The molecule has 1 aliphatic heterocycles. The molecule has 2 heterocycles. The Hall–Kier alpha value is -2.71. The Balaban J connectivity index is 1.83. The lowest BCUT2D eigenvalue weighted by Gasteiger charge is -2.29. The van der Waals surface area contributed by atoms with Crippen molar-refractivity contribution < 1.29 is 23.9 Å². The number of likely N-dealkylation sites (tertiary alicyclic amines) is 1. The first-order valence-electron chi connectivity index (χ1n) is 9.35. The fraction of sp³-hybridized carbons (Fsp3) is 0.381. The Morgan fingerprint density at radius 3 is 2.59 bits per heavy atom. The van der Waals surface area contributed by atoms with Gasteiger partial charge in [0.05, 0.1) is 37.1 Å². The summed E-state index contributed by atoms with van der Waals surface area (Å²) < 4.78 is 9.53. The second-order valence-electron chi connectivity index (χ2n) is 6.86. The maximum atomic E-state index is 13.0. The fourth-order valence-electron chi connectivity index (χ4n) is 3.64. The summed E-state index contributed by atoms with van der Waals surface area (Å²) in [5, 5.41) is 6.95. The summed E-state index contributed by atoms with van der Waals surface area (Å²) in [6, 6.07) is 6.22. The number of amides is 1. The molecular weight excluding hydrogens is 392 g/mol. The first-order valence-corrected chi connectivity index (χ1v) is 10.3. The minimum atomic E-state index is -0.596. The number of thiophene rings is 1. The van der Waals surface area contributed by atoms with E-state index in [1.807, 2.05) is 12.3 Å². The third-order valence-electron chi connectivity index (χ3n) is 5.20. The van der Waals surface area contributed by atoms with Crippen molar-refractivity contribution in [1.29, 1.82) is 0 Å². The highest BCUT2D eigenvalue weighted by molar-refractivity contribution is 7.08. The summed E-state index contributed by atoms with van der Waals surface area (Å²) in [6.45, 7) is 2.67. The largest absolute Gasteiger partial charge is 0.465 e. The lowest BCUT2D eigenvalue weighted by atomic mass is 10.1. The van der Waals surface area contributed by atoms with Crippen molar-refractivity contribution in [2.24, 2.45) is 0 Å². The molecule has 1 aromatic carbocycles. The normalized spacial score (nSPS) is 17.6. The van der Waals surface area contributed by atoms with Crippen LogP contribution in [-0.4, -0.2) is 49.6 Å². The molecule has 0 saturated carbocycles. The van der Waals surface area contributed by atoms with Crippen LogP contribution in [0.1, 0.15) is 52.1 Å². The van der Waals surface area contributed by atoms with E-state index in [2.05, 4.69) is 21.7 Å². The van der Waals surface area contributed by atoms with E-state index in [1.165, 1.54) is 38.0 Å². The summed E-state index contributed by atoms with van der Waals surface area (Å²) >= 11 is 1.64. The number of nitrogens with zero attached hydrogens (tertiary/aromatic N) is 1. The number of carbonyl (C=O) groups excluding carboxylic acids is 3. The van der Waals surface area contributed by atoms with Gasteiger partial charge in [0.2, 0.25) is 5.91 Å². The standard InChI is InChI=1S/C21H24N2O5S/c1-13(23-9-4-5-18(23)15-8-10-29-12-15)19(24)22-17-11-14(20(25)27-2)6-7-16(17)21(26)28-3/h6-8,10-13,18H,4-5,9H2,1-3H3,(H,22,24)/t13-,18+/m0/s1. The highest BCUT2D eigenvalue weighted by Crippen LogP contribution is 2.35. The summed E-state index contributed by atoms with van der Waals surface area (Å²) in [7, 11) is 2.54. The van der Waals surface area contributed by atoms with Gasteiger partial charge in [-0.05, 0) is 66.9 Å². The highest BCUT2D eigenvalue weighted by atomic mass is 32.1. The van der Waals surface area contributed by atoms with Crippen molar-refractivity contribution >= 4 is 34.9 Å². The van der Waals surface area contributed by atoms with Crippen molar-refractivity contribution in [2.75, 3.05) is 26.1 Å². The Morgan fingerprint density at radius 1 is 1.17 bits per heavy atom. The van der Waals surface area contributed by atoms with Crippen LogP contribution in [0.15, 0.2) is 35.0 Å². The van der Waals surface area contributed by atoms with E-state index in [9.17, 15) is 14.4 Å². The summed E-state index contributed by atoms with van der Waals surface area (Å²) in [4.78, 5) is 39.1. The van der Waals surface area contributed by atoms with Gasteiger partial charge < -0.3 is 14.8 Å². The highest BCUT2D eigenvalue weighted by Gasteiger charge is 2.33. The average molecular weight is 416 g/mol. The first kappa shape index (κ1) is 21.0. The summed E-state index contributed by atoms with van der Waals surface area (Å²) in [5.74, 6) is -1.40. The zero-order valence-corrected chi connectivity index (χ0v) is 17.5. The molecule has 3 rings (SSSR count). The third-order valence-corrected chi connectivity index (χ3v) is 5.90. The SMILES string of the molecule is COC(=O)c1ccc(C(=O)OC)c(NC(=O)[C@H](C)N2CCC[C@@H]2c2ccsc2)c1. The van der Waals surface area contributed by atoms with Crippen molar-refractivity contribution in [1.82, 2.24) is 4.90 Å². The Kier molecular flexibility index (Phi) is 6.66. The number of nitrogens with one attached hydrogen (secondary N) is 1. The molecule has 0 radical (unpaired) electrons. The zero-order chi connectivity index (χ0) is 21.0. The molecule has 154 valence electrons. The molecule has 1 saturated heterocycles. The van der Waals surface area contributed by atoms with E-state index in [1.54, 1.807) is 11.3 Å². The maximum Gasteiger partial charge on any atom is 0.339 e. The number of hydrogen-bond acceptors (Lipinski definition) is 7. The maximum absolute atomic E-state index is 13.0. The van der Waals surface area contributed by atoms with Gasteiger partial charge in [0.1, 0.15) is 0 Å². The molecule has 2 atom stereocenters. The van der Waals surface area contributed by atoms with Gasteiger partial charge in [-0.1, -0.05) is 0 Å². The third kappa shape index (κ3) is 4.49. The Morgan fingerprint density at radius 2 is 1.93 bits per heavy atom. The predicted octanol–water partition coefficient (Wildman–Crippen LogP) is 3.49. The molecule has 1 amide bonds. The van der Waals surface area contributed by atoms with Crippen molar-refractivity contribution in [3.63, 3.8) is 0 Å². The monoisotopic (exact) mass is 416 g/mol. The van der Waals surface area contributed by atoms with Crippen LogP contribution in [0.5, 0.6) is 0 Å². The van der Waals surface area contributed by atoms with Gasteiger partial charge in [-0.25, -0.2) is 9.59 Å². The van der Waals surface area contributed by atoms with E-state index < -0.39 is 18.0 Å². The molecule has 0 bridgehead atoms. The molecule has 0 aliphatic carbocycles. The molecule has 1 aromatic heterocycles. The smallest absolute Gasteiger partial charge is 0.339 e. The molecule has 7 nitrogen and oxygen atoms in total.